The fourth-order valence-corrected chi connectivity index (χ4v) is 5.59. The number of fused-ring (bicyclic) bond motifs is 2. The number of pyridine rings is 3. The number of nitrogens with one attached hydrogen (secondary N) is 1. The van der Waals surface area contributed by atoms with E-state index in [2.05, 4.69) is 20.3 Å². The Labute approximate surface area is 224 Å². The second-order valence-electron chi connectivity index (χ2n) is 9.94. The first kappa shape index (κ1) is 24.3. The van der Waals surface area contributed by atoms with Crippen molar-refractivity contribution in [2.45, 2.75) is 45.2 Å². The van der Waals surface area contributed by atoms with E-state index in [-0.39, 0.29) is 17.6 Å². The average molecular weight is 527 g/mol. The number of para-hydroxylation sites is 1. The highest BCUT2D eigenvalue weighted by molar-refractivity contribution is 6.30. The van der Waals surface area contributed by atoms with Crippen molar-refractivity contribution in [2.24, 2.45) is 5.92 Å². The lowest BCUT2D eigenvalue weighted by atomic mass is 9.86. The molecule has 1 N–H and O–H groups in total. The first-order valence-electron chi connectivity index (χ1n) is 12.8. The van der Waals surface area contributed by atoms with Gasteiger partial charge in [0.2, 0.25) is 0 Å². The maximum Gasteiger partial charge on any atom is 0.335 e. The molecule has 0 radical (unpaired) electrons. The molecule has 4 heterocycles. The molecule has 192 valence electrons. The molecule has 0 unspecified atom stereocenters. The SMILES string of the molecule is Cc1ncc(Cl)cc1C(=O)N[C@H]1CC[C@H](Cn2c(=O)n(-c3cnc4ccccc4c3)c3cccnc32)CC1. The molecule has 1 aliphatic rings. The summed E-state index contributed by atoms with van der Waals surface area (Å²) in [5, 5.41) is 4.56. The number of nitrogens with zero attached hydrogens (tertiary/aromatic N) is 5. The third kappa shape index (κ3) is 4.56. The van der Waals surface area contributed by atoms with Gasteiger partial charge in [0, 0.05) is 30.4 Å². The first-order valence-corrected chi connectivity index (χ1v) is 13.2. The number of hydrogen-bond donors (Lipinski definition) is 1. The molecule has 0 atom stereocenters. The summed E-state index contributed by atoms with van der Waals surface area (Å²) in [4.78, 5) is 39.8. The van der Waals surface area contributed by atoms with Gasteiger partial charge in [-0.1, -0.05) is 29.8 Å². The Kier molecular flexibility index (Phi) is 6.41. The molecule has 6 rings (SSSR count). The molecule has 0 bridgehead atoms. The molecular weight excluding hydrogens is 500 g/mol. The van der Waals surface area contributed by atoms with Gasteiger partial charge in [-0.3, -0.25) is 23.9 Å². The van der Waals surface area contributed by atoms with Crippen LogP contribution in [0.4, 0.5) is 0 Å². The highest BCUT2D eigenvalue weighted by atomic mass is 35.5. The molecule has 8 nitrogen and oxygen atoms in total. The number of halogens is 1. The fourth-order valence-electron chi connectivity index (χ4n) is 5.43. The van der Waals surface area contributed by atoms with E-state index in [0.29, 0.717) is 34.4 Å². The molecule has 1 saturated carbocycles. The second-order valence-corrected chi connectivity index (χ2v) is 10.4. The number of carbonyl (C=O) groups excluding carboxylic acids is 1. The Hall–Kier alpha value is -4.04. The number of benzene rings is 1. The number of rotatable bonds is 5. The molecule has 0 saturated heterocycles. The average Bonchev–Trinajstić information content (AvgIpc) is 3.21. The zero-order valence-electron chi connectivity index (χ0n) is 21.0. The molecule has 0 spiro atoms. The highest BCUT2D eigenvalue weighted by Crippen LogP contribution is 2.28. The maximum absolute atomic E-state index is 13.7. The number of carbonyl (C=O) groups is 1. The summed E-state index contributed by atoms with van der Waals surface area (Å²) in [6, 6.07) is 15.4. The van der Waals surface area contributed by atoms with Crippen LogP contribution < -0.4 is 11.0 Å². The summed E-state index contributed by atoms with van der Waals surface area (Å²) in [7, 11) is 0. The minimum Gasteiger partial charge on any atom is -0.349 e. The zero-order valence-corrected chi connectivity index (χ0v) is 21.7. The lowest BCUT2D eigenvalue weighted by molar-refractivity contribution is 0.0919. The third-order valence-electron chi connectivity index (χ3n) is 7.44. The Morgan fingerprint density at radius 2 is 1.84 bits per heavy atom. The van der Waals surface area contributed by atoms with Gasteiger partial charge in [-0.2, -0.15) is 0 Å². The van der Waals surface area contributed by atoms with Gasteiger partial charge in [0.1, 0.15) is 0 Å². The van der Waals surface area contributed by atoms with Crippen LogP contribution in [-0.4, -0.2) is 36.0 Å². The zero-order chi connectivity index (χ0) is 26.2. The third-order valence-corrected chi connectivity index (χ3v) is 7.65. The summed E-state index contributed by atoms with van der Waals surface area (Å²) >= 11 is 6.04. The minimum absolute atomic E-state index is 0.0806. The van der Waals surface area contributed by atoms with Crippen LogP contribution in [0.2, 0.25) is 5.02 Å². The molecular formula is C29H27ClN6O2. The Morgan fingerprint density at radius 1 is 1.03 bits per heavy atom. The summed E-state index contributed by atoms with van der Waals surface area (Å²) < 4.78 is 3.49. The van der Waals surface area contributed by atoms with Crippen molar-refractivity contribution in [3.8, 4) is 5.69 Å². The summed E-state index contributed by atoms with van der Waals surface area (Å²) in [6.45, 7) is 2.39. The normalized spacial score (nSPS) is 17.6. The molecule has 1 aromatic carbocycles. The van der Waals surface area contributed by atoms with E-state index < -0.39 is 0 Å². The highest BCUT2D eigenvalue weighted by Gasteiger charge is 2.26. The lowest BCUT2D eigenvalue weighted by Crippen LogP contribution is -2.39. The van der Waals surface area contributed by atoms with Gasteiger partial charge in [0.15, 0.2) is 5.65 Å². The van der Waals surface area contributed by atoms with Gasteiger partial charge in [-0.15, -0.1) is 0 Å². The van der Waals surface area contributed by atoms with Crippen LogP contribution >= 0.6 is 11.6 Å². The Morgan fingerprint density at radius 3 is 2.68 bits per heavy atom. The van der Waals surface area contributed by atoms with Crippen molar-refractivity contribution >= 4 is 39.6 Å². The van der Waals surface area contributed by atoms with Crippen molar-refractivity contribution in [1.29, 1.82) is 0 Å². The van der Waals surface area contributed by atoms with E-state index in [4.69, 9.17) is 11.6 Å². The number of aryl methyl sites for hydroxylation is 1. The maximum atomic E-state index is 13.7. The molecule has 5 aromatic rings. The van der Waals surface area contributed by atoms with E-state index in [1.165, 1.54) is 0 Å². The van der Waals surface area contributed by atoms with Gasteiger partial charge in [-0.05, 0) is 68.9 Å². The van der Waals surface area contributed by atoms with Crippen molar-refractivity contribution in [3.63, 3.8) is 0 Å². The number of aromatic nitrogens is 5. The molecule has 4 aromatic heterocycles. The fraction of sp³-hybridized carbons (Fsp3) is 0.276. The lowest BCUT2D eigenvalue weighted by Gasteiger charge is -2.29. The quantitative estimate of drug-likeness (QED) is 0.344. The Bertz CT molecular complexity index is 1720. The second kappa shape index (κ2) is 10.0. The predicted octanol–water partition coefficient (Wildman–Crippen LogP) is 5.08. The minimum atomic E-state index is -0.145. The van der Waals surface area contributed by atoms with Crippen LogP contribution in [0.25, 0.3) is 27.8 Å². The van der Waals surface area contributed by atoms with Crippen LogP contribution in [-0.2, 0) is 6.54 Å². The van der Waals surface area contributed by atoms with Crippen LogP contribution in [0.1, 0.15) is 41.7 Å². The van der Waals surface area contributed by atoms with E-state index in [1.54, 1.807) is 40.7 Å². The molecule has 1 fully saturated rings. The molecule has 0 aliphatic heterocycles. The smallest absolute Gasteiger partial charge is 0.335 e. The van der Waals surface area contributed by atoms with Crippen LogP contribution in [0, 0.1) is 12.8 Å². The van der Waals surface area contributed by atoms with E-state index in [9.17, 15) is 9.59 Å². The van der Waals surface area contributed by atoms with Crippen molar-refractivity contribution in [2.75, 3.05) is 0 Å². The van der Waals surface area contributed by atoms with Crippen LogP contribution in [0.5, 0.6) is 0 Å². The van der Waals surface area contributed by atoms with Crippen LogP contribution in [0.3, 0.4) is 0 Å². The van der Waals surface area contributed by atoms with E-state index in [0.717, 1.165) is 47.8 Å². The van der Waals surface area contributed by atoms with Gasteiger partial charge in [0.25, 0.3) is 5.91 Å². The Balaban J connectivity index is 1.21. The van der Waals surface area contributed by atoms with Gasteiger partial charge in [-0.25, -0.2) is 9.78 Å². The molecule has 38 heavy (non-hydrogen) atoms. The topological polar surface area (TPSA) is 94.7 Å². The molecule has 1 aliphatic carbocycles. The van der Waals surface area contributed by atoms with Gasteiger partial charge >= 0.3 is 5.69 Å². The standard InChI is InChI=1S/C29H27ClN6O2/c1-18-24(14-21(30)15-32-18)28(37)34-22-10-8-19(9-11-22)17-35-27-26(7-4-12-31-27)36(29(35)38)23-13-20-5-2-3-6-25(20)33-16-23/h2-7,12-16,19,22H,8-11,17H2,1H3,(H,34,37)/t19-,22-. The first-order chi connectivity index (χ1) is 18.5. The predicted molar refractivity (Wildman–Crippen MR) is 148 cm³/mol. The number of imidazole rings is 1. The van der Waals surface area contributed by atoms with Crippen molar-refractivity contribution in [1.82, 2.24) is 29.4 Å². The number of amides is 1. The number of hydrogen-bond acceptors (Lipinski definition) is 5. The van der Waals surface area contributed by atoms with Gasteiger partial charge in [0.05, 0.1) is 39.2 Å². The summed E-state index contributed by atoms with van der Waals surface area (Å²) in [5.41, 5.74) is 4.10. The largest absolute Gasteiger partial charge is 0.349 e. The summed E-state index contributed by atoms with van der Waals surface area (Å²) in [5.74, 6) is 0.166. The van der Waals surface area contributed by atoms with E-state index >= 15 is 0 Å². The van der Waals surface area contributed by atoms with Crippen LogP contribution in [0.15, 0.2) is 71.9 Å². The molecule has 9 heteroatoms. The molecule has 1 amide bonds. The monoisotopic (exact) mass is 526 g/mol. The van der Waals surface area contributed by atoms with E-state index in [1.807, 2.05) is 42.5 Å². The summed E-state index contributed by atoms with van der Waals surface area (Å²) in [6.07, 6.45) is 8.51. The van der Waals surface area contributed by atoms with Gasteiger partial charge < -0.3 is 5.32 Å². The van der Waals surface area contributed by atoms with Crippen molar-refractivity contribution < 1.29 is 4.79 Å². The van der Waals surface area contributed by atoms with Crippen molar-refractivity contribution in [3.05, 3.63) is 93.9 Å².